The van der Waals surface area contributed by atoms with Crippen LogP contribution in [-0.4, -0.2) is 29.5 Å². The van der Waals surface area contributed by atoms with Crippen molar-refractivity contribution in [2.24, 2.45) is 27.2 Å². The molecule has 1 aliphatic rings. The molecule has 1 heterocycles. The van der Waals surface area contributed by atoms with Gasteiger partial charge < -0.3 is 17.2 Å². The summed E-state index contributed by atoms with van der Waals surface area (Å²) in [7, 11) is 0. The highest BCUT2D eigenvalue weighted by molar-refractivity contribution is 7.99. The van der Waals surface area contributed by atoms with Crippen molar-refractivity contribution in [1.82, 2.24) is 0 Å². The monoisotopic (exact) mass is 201 g/mol. The van der Waals surface area contributed by atoms with E-state index in [1.165, 1.54) is 12.2 Å². The molecule has 6 heteroatoms. The molecule has 74 valence electrons. The van der Waals surface area contributed by atoms with E-state index >= 15 is 0 Å². The number of rotatable bonds is 1. The summed E-state index contributed by atoms with van der Waals surface area (Å²) in [5.74, 6) is 2.38. The summed E-state index contributed by atoms with van der Waals surface area (Å²) in [6.45, 7) is 0. The molecule has 0 spiro atoms. The van der Waals surface area contributed by atoms with Gasteiger partial charge in [-0.2, -0.15) is 16.8 Å². The summed E-state index contributed by atoms with van der Waals surface area (Å²) in [6.07, 6.45) is 2.27. The lowest BCUT2D eigenvalue weighted by Gasteiger charge is -2.16. The largest absolute Gasteiger partial charge is 0.370 e. The quantitative estimate of drug-likeness (QED) is 0.392. The van der Waals surface area contributed by atoms with Crippen molar-refractivity contribution in [3.8, 4) is 0 Å². The van der Waals surface area contributed by atoms with Crippen LogP contribution in [0, 0.1) is 0 Å². The Balaban J connectivity index is 2.48. The van der Waals surface area contributed by atoms with Crippen LogP contribution in [0.2, 0.25) is 0 Å². The Labute approximate surface area is 81.9 Å². The third-order valence-electron chi connectivity index (χ3n) is 1.69. The Kier molecular flexibility index (Phi) is 3.88. The average molecular weight is 201 g/mol. The van der Waals surface area contributed by atoms with Gasteiger partial charge in [-0.05, 0) is 18.6 Å². The Morgan fingerprint density at radius 3 is 2.62 bits per heavy atom. The lowest BCUT2D eigenvalue weighted by Crippen LogP contribution is -2.27. The first-order chi connectivity index (χ1) is 6.18. The highest BCUT2D eigenvalue weighted by Gasteiger charge is 2.12. The van der Waals surface area contributed by atoms with Crippen molar-refractivity contribution in [3.05, 3.63) is 0 Å². The number of hydrogen-bond acceptors (Lipinski definition) is 2. The Morgan fingerprint density at radius 1 is 1.31 bits per heavy atom. The number of hydrogen-bond donors (Lipinski definition) is 3. The fraction of sp³-hybridized carbons (Fsp3) is 0.714. The molecule has 6 N–H and O–H groups in total. The number of nitrogens with zero attached hydrogens (tertiary/aromatic N) is 2. The van der Waals surface area contributed by atoms with Crippen LogP contribution in [0.1, 0.15) is 12.8 Å². The van der Waals surface area contributed by atoms with Gasteiger partial charge in [-0.15, -0.1) is 0 Å². The van der Waals surface area contributed by atoms with E-state index in [-0.39, 0.29) is 18.0 Å². The fourth-order valence-corrected chi connectivity index (χ4v) is 2.22. The second-order valence-electron chi connectivity index (χ2n) is 2.89. The molecule has 0 aromatic carbocycles. The maximum atomic E-state index is 5.50. The first kappa shape index (κ1) is 10.2. The maximum Gasteiger partial charge on any atom is 0.218 e. The van der Waals surface area contributed by atoms with Crippen molar-refractivity contribution in [2.75, 3.05) is 11.5 Å². The summed E-state index contributed by atoms with van der Waals surface area (Å²) in [5.41, 5.74) is 15.8. The molecule has 13 heavy (non-hydrogen) atoms. The Morgan fingerprint density at radius 2 is 2.08 bits per heavy atom. The van der Waals surface area contributed by atoms with Gasteiger partial charge in [-0.3, -0.25) is 0 Å². The molecular weight excluding hydrogens is 186 g/mol. The molecule has 0 radical (unpaired) electrons. The van der Waals surface area contributed by atoms with E-state index in [4.69, 9.17) is 17.2 Å². The molecule has 0 amide bonds. The number of nitrogens with two attached hydrogens (primary N) is 3. The molecule has 1 saturated heterocycles. The molecule has 0 bridgehead atoms. The van der Waals surface area contributed by atoms with Crippen LogP contribution in [0.3, 0.4) is 0 Å². The first-order valence-electron chi connectivity index (χ1n) is 4.19. The Hall–Kier alpha value is -0.910. The third-order valence-corrected chi connectivity index (χ3v) is 2.89. The second-order valence-corrected chi connectivity index (χ2v) is 4.04. The van der Waals surface area contributed by atoms with Crippen LogP contribution in [0.4, 0.5) is 0 Å². The molecule has 1 rings (SSSR count). The molecule has 0 aromatic rings. The molecule has 1 fully saturated rings. The summed E-state index contributed by atoms with van der Waals surface area (Å²) < 4.78 is 0. The summed E-state index contributed by atoms with van der Waals surface area (Å²) in [6, 6.07) is 0.279. The lowest BCUT2D eigenvalue weighted by molar-refractivity contribution is 0.649. The molecule has 0 saturated carbocycles. The molecule has 0 aromatic heterocycles. The average Bonchev–Trinajstić information content (AvgIpc) is 2.04. The molecule has 1 unspecified atom stereocenters. The standard InChI is InChI=1S/C7H15N5S/c8-6(9)12-7(10)11-5-2-1-3-13-4-5/h5H,1-4H2,(H6,8,9,10,11,12). The van der Waals surface area contributed by atoms with Gasteiger partial charge in [0.15, 0.2) is 5.96 Å². The van der Waals surface area contributed by atoms with Gasteiger partial charge in [0.05, 0.1) is 6.04 Å². The molecule has 0 aliphatic carbocycles. The smallest absolute Gasteiger partial charge is 0.218 e. The van der Waals surface area contributed by atoms with Crippen molar-refractivity contribution in [3.63, 3.8) is 0 Å². The summed E-state index contributed by atoms with van der Waals surface area (Å²) in [5, 5.41) is 0. The van der Waals surface area contributed by atoms with Gasteiger partial charge in [0.2, 0.25) is 5.96 Å². The second kappa shape index (κ2) is 4.96. The van der Waals surface area contributed by atoms with E-state index < -0.39 is 0 Å². The van der Waals surface area contributed by atoms with Crippen LogP contribution in [0.15, 0.2) is 9.98 Å². The lowest BCUT2D eigenvalue weighted by atomic mass is 10.2. The minimum absolute atomic E-state index is 0.0373. The van der Waals surface area contributed by atoms with Crippen LogP contribution in [-0.2, 0) is 0 Å². The topological polar surface area (TPSA) is 103 Å². The van der Waals surface area contributed by atoms with Crippen LogP contribution >= 0.6 is 11.8 Å². The zero-order valence-corrected chi connectivity index (χ0v) is 8.26. The van der Waals surface area contributed by atoms with E-state index in [0.29, 0.717) is 0 Å². The molecule has 1 aliphatic heterocycles. The van der Waals surface area contributed by atoms with Crippen molar-refractivity contribution in [1.29, 1.82) is 0 Å². The van der Waals surface area contributed by atoms with E-state index in [2.05, 4.69) is 9.98 Å². The van der Waals surface area contributed by atoms with E-state index in [1.807, 2.05) is 11.8 Å². The molecule has 5 nitrogen and oxygen atoms in total. The van der Waals surface area contributed by atoms with Crippen LogP contribution < -0.4 is 17.2 Å². The normalized spacial score (nSPS) is 24.0. The SMILES string of the molecule is NC(N)=NC(N)=NC1CCCSC1. The predicted octanol–water partition coefficient (Wildman–Crippen LogP) is -0.530. The summed E-state index contributed by atoms with van der Waals surface area (Å²) >= 11 is 1.89. The van der Waals surface area contributed by atoms with Gasteiger partial charge in [0.1, 0.15) is 0 Å². The molecular formula is C7H15N5S. The molecule has 1 atom stereocenters. The van der Waals surface area contributed by atoms with Crippen molar-refractivity contribution >= 4 is 23.7 Å². The predicted molar refractivity (Wildman–Crippen MR) is 57.8 cm³/mol. The van der Waals surface area contributed by atoms with Crippen LogP contribution in [0.25, 0.3) is 0 Å². The Bertz CT molecular complexity index is 215. The highest BCUT2D eigenvalue weighted by Crippen LogP contribution is 2.19. The van der Waals surface area contributed by atoms with Crippen LogP contribution in [0.5, 0.6) is 0 Å². The minimum Gasteiger partial charge on any atom is -0.370 e. The van der Waals surface area contributed by atoms with Gasteiger partial charge >= 0.3 is 0 Å². The highest BCUT2D eigenvalue weighted by atomic mass is 32.2. The van der Waals surface area contributed by atoms with Crippen molar-refractivity contribution < 1.29 is 0 Å². The fourth-order valence-electron chi connectivity index (χ4n) is 1.17. The van der Waals surface area contributed by atoms with E-state index in [9.17, 15) is 0 Å². The minimum atomic E-state index is -0.0373. The van der Waals surface area contributed by atoms with Gasteiger partial charge in [0.25, 0.3) is 0 Å². The number of aliphatic imine (C=N–C) groups is 2. The number of guanidine groups is 2. The zero-order valence-electron chi connectivity index (χ0n) is 7.44. The first-order valence-corrected chi connectivity index (χ1v) is 5.34. The van der Waals surface area contributed by atoms with Gasteiger partial charge in [-0.1, -0.05) is 0 Å². The van der Waals surface area contributed by atoms with Gasteiger partial charge in [-0.25, -0.2) is 4.99 Å². The number of thioether (sulfide) groups is 1. The van der Waals surface area contributed by atoms with Gasteiger partial charge in [0, 0.05) is 5.75 Å². The summed E-state index contributed by atoms with van der Waals surface area (Å²) in [4.78, 5) is 7.86. The van der Waals surface area contributed by atoms with E-state index in [1.54, 1.807) is 0 Å². The zero-order chi connectivity index (χ0) is 9.68. The third kappa shape index (κ3) is 4.02. The maximum absolute atomic E-state index is 5.50. The van der Waals surface area contributed by atoms with Crippen molar-refractivity contribution in [2.45, 2.75) is 18.9 Å². The van der Waals surface area contributed by atoms with E-state index in [0.717, 1.165) is 12.2 Å².